The maximum atomic E-state index is 2.23. The molecule has 0 N–H and O–H groups in total. The second-order valence-electron chi connectivity index (χ2n) is 10.2. The molecule has 37 heavy (non-hydrogen) atoms. The Morgan fingerprint density at radius 2 is 0.216 bits per heavy atom. The lowest BCUT2D eigenvalue weighted by Gasteiger charge is -1.86. The van der Waals surface area contributed by atoms with Crippen LogP contribution in [0.1, 0.15) is 237 Å². The molecule has 0 unspecified atom stereocenters. The molecule has 0 aliphatic carbocycles. The Morgan fingerprint density at radius 3 is 0.243 bits per heavy atom. The summed E-state index contributed by atoms with van der Waals surface area (Å²) in [5.41, 5.74) is 0. The van der Waals surface area contributed by atoms with Gasteiger partial charge in [0.1, 0.15) is 0 Å². The molecule has 0 saturated heterocycles. The van der Waals surface area contributed by atoms with E-state index in [9.17, 15) is 0 Å². The molecule has 0 nitrogen and oxygen atoms in total. The van der Waals surface area contributed by atoms with Crippen LogP contribution in [0.4, 0.5) is 0 Å². The molecule has 0 aliphatic rings. The van der Waals surface area contributed by atoms with E-state index in [-0.39, 0.29) is 12.4 Å². The van der Waals surface area contributed by atoms with Crippen molar-refractivity contribution < 1.29 is 0 Å². The van der Waals surface area contributed by atoms with Gasteiger partial charge in [0, 0.05) is 0 Å². The molecular weight excluding hydrogens is 468 g/mol. The Hall–Kier alpha value is 0.290. The van der Waals surface area contributed by atoms with E-state index in [0.717, 1.165) is 0 Å². The van der Waals surface area contributed by atoms with Crippen molar-refractivity contribution in [2.75, 3.05) is 0 Å². The molecule has 0 aliphatic heterocycles. The lowest BCUT2D eigenvalue weighted by Crippen LogP contribution is -1.66. The summed E-state index contributed by atoms with van der Waals surface area (Å²) >= 11 is 0. The summed E-state index contributed by atoms with van der Waals surface area (Å²) in [6.07, 6.45) is 33.2. The lowest BCUT2D eigenvalue weighted by molar-refractivity contribution is 0.702. The van der Waals surface area contributed by atoms with E-state index in [4.69, 9.17) is 0 Å². The first-order valence-electron chi connectivity index (χ1n) is 17.5. The summed E-state index contributed by atoms with van der Waals surface area (Å²) in [5, 5.41) is 0. The molecule has 0 saturated carbocycles. The molecule has 0 aromatic carbocycles. The predicted octanol–water partition coefficient (Wildman–Crippen LogP) is 15.9. The number of rotatable bonds is 18. The van der Waals surface area contributed by atoms with Gasteiger partial charge in [0.2, 0.25) is 0 Å². The summed E-state index contributed by atoms with van der Waals surface area (Å²) in [5.74, 6) is 0. The molecule has 236 valence electrons. The Labute approximate surface area is 249 Å². The molecule has 0 bridgehead atoms. The summed E-state index contributed by atoms with van der Waals surface area (Å²) in [6, 6.07) is 0. The van der Waals surface area contributed by atoms with E-state index in [2.05, 4.69) is 83.1 Å². The fourth-order valence-electron chi connectivity index (χ4n) is 3.00. The fraction of sp³-hybridized carbons (Fsp3) is 1.00. The van der Waals surface area contributed by atoms with Gasteiger partial charge in [-0.25, -0.2) is 0 Å². The third-order valence-corrected chi connectivity index (χ3v) is 5.74. The van der Waals surface area contributed by atoms with E-state index in [1.807, 2.05) is 0 Å². The Bertz CT molecular complexity index is 141. The highest BCUT2D eigenvalue weighted by Gasteiger charge is 1.78. The van der Waals surface area contributed by atoms with Gasteiger partial charge in [-0.1, -0.05) is 237 Å². The summed E-state index contributed by atoms with van der Waals surface area (Å²) in [7, 11) is 0. The summed E-state index contributed by atoms with van der Waals surface area (Å²) in [6.45, 7) is 26.8. The van der Waals surface area contributed by atoms with E-state index < -0.39 is 0 Å². The highest BCUT2D eigenvalue weighted by Crippen LogP contribution is 1.98. The van der Waals surface area contributed by atoms with Crippen molar-refractivity contribution in [3.8, 4) is 0 Å². The van der Waals surface area contributed by atoms with Gasteiger partial charge in [0.05, 0.1) is 0 Å². The van der Waals surface area contributed by atoms with E-state index >= 15 is 0 Å². The van der Waals surface area contributed by atoms with Gasteiger partial charge in [0.25, 0.3) is 0 Å². The Balaban J connectivity index is -0.0000000581. The van der Waals surface area contributed by atoms with Gasteiger partial charge in [0.15, 0.2) is 0 Å². The molecule has 0 atom stereocenters. The molecule has 0 aromatic heterocycles. The van der Waals surface area contributed by atoms with Gasteiger partial charge in [-0.05, 0) is 0 Å². The van der Waals surface area contributed by atoms with Crippen LogP contribution in [-0.4, -0.2) is 0 Å². The molecule has 1 heteroatoms. The monoisotopic (exact) mass is 553 g/mol. The summed E-state index contributed by atoms with van der Waals surface area (Å²) in [4.78, 5) is 0. The maximum Gasteiger partial charge on any atom is -0.0536 e. The number of hydrogen-bond donors (Lipinski definition) is 0. The van der Waals surface area contributed by atoms with Gasteiger partial charge in [-0.15, -0.1) is 12.4 Å². The highest BCUT2D eigenvalue weighted by molar-refractivity contribution is 5.85. The maximum absolute atomic E-state index is 2.23. The average molecular weight is 554 g/mol. The van der Waals surface area contributed by atoms with Crippen LogP contribution in [-0.2, 0) is 0 Å². The van der Waals surface area contributed by atoms with Crippen LogP contribution < -0.4 is 0 Å². The molecule has 0 spiro atoms. The predicted molar refractivity (Wildman–Crippen MR) is 186 cm³/mol. The lowest BCUT2D eigenvalue weighted by atomic mass is 10.2. The van der Waals surface area contributed by atoms with Crippen LogP contribution in [0.2, 0.25) is 0 Å². The van der Waals surface area contributed by atoms with Crippen LogP contribution in [0, 0.1) is 0 Å². The van der Waals surface area contributed by atoms with Crippen molar-refractivity contribution in [1.82, 2.24) is 0 Å². The number of halogens is 1. The van der Waals surface area contributed by atoms with Crippen LogP contribution >= 0.6 is 12.4 Å². The SMILES string of the molecule is CCCCCC.CCCCCC.CCCCCC.CCCCCC.CCCCCC.CCCCCC.Cl. The molecular formula is C36H85Cl. The van der Waals surface area contributed by atoms with Gasteiger partial charge < -0.3 is 0 Å². The molecule has 0 heterocycles. The van der Waals surface area contributed by atoms with Crippen molar-refractivity contribution in [3.05, 3.63) is 0 Å². The quantitative estimate of drug-likeness (QED) is 0.148. The van der Waals surface area contributed by atoms with Gasteiger partial charge >= 0.3 is 0 Å². The zero-order valence-corrected chi connectivity index (χ0v) is 30.2. The molecule has 0 aromatic rings. The minimum absolute atomic E-state index is 0. The average Bonchev–Trinajstić information content (AvgIpc) is 2.92. The van der Waals surface area contributed by atoms with Crippen molar-refractivity contribution in [1.29, 1.82) is 0 Å². The largest absolute Gasteiger partial charge is 0.147 e. The van der Waals surface area contributed by atoms with Crippen LogP contribution in [0.25, 0.3) is 0 Å². The van der Waals surface area contributed by atoms with Crippen molar-refractivity contribution in [2.45, 2.75) is 237 Å². The summed E-state index contributed by atoms with van der Waals surface area (Å²) < 4.78 is 0. The zero-order chi connectivity index (χ0) is 29.0. The van der Waals surface area contributed by atoms with E-state index in [1.54, 1.807) is 0 Å². The van der Waals surface area contributed by atoms with Crippen molar-refractivity contribution >= 4 is 12.4 Å². The first-order valence-corrected chi connectivity index (χ1v) is 17.5. The zero-order valence-electron chi connectivity index (χ0n) is 29.4. The van der Waals surface area contributed by atoms with Gasteiger partial charge in [-0.3, -0.25) is 0 Å². The molecule has 0 fully saturated rings. The second kappa shape index (κ2) is 76.6. The van der Waals surface area contributed by atoms with Crippen LogP contribution in [0.5, 0.6) is 0 Å². The standard InChI is InChI=1S/6C6H14.ClH/c6*1-3-5-6-4-2;/h6*3-6H2,1-2H3;1H. The Morgan fingerprint density at radius 1 is 0.162 bits per heavy atom. The molecule has 0 radical (unpaired) electrons. The topological polar surface area (TPSA) is 0 Å². The smallest absolute Gasteiger partial charge is 0.0536 e. The van der Waals surface area contributed by atoms with Crippen LogP contribution in [0.3, 0.4) is 0 Å². The third-order valence-electron chi connectivity index (χ3n) is 5.74. The minimum atomic E-state index is 0. The van der Waals surface area contributed by atoms with E-state index in [1.165, 1.54) is 154 Å². The Kier molecular flexibility index (Phi) is 111. The molecule has 0 rings (SSSR count). The van der Waals surface area contributed by atoms with E-state index in [0.29, 0.717) is 0 Å². The molecule has 0 amide bonds. The first kappa shape index (κ1) is 53.5. The number of hydrogen-bond acceptors (Lipinski definition) is 0. The first-order chi connectivity index (χ1) is 17.5. The van der Waals surface area contributed by atoms with Crippen molar-refractivity contribution in [3.63, 3.8) is 0 Å². The van der Waals surface area contributed by atoms with Crippen molar-refractivity contribution in [2.24, 2.45) is 0 Å². The number of unbranched alkanes of at least 4 members (excludes halogenated alkanes) is 18. The normalized spacial score (nSPS) is 8.76. The highest BCUT2D eigenvalue weighted by atomic mass is 35.5. The third kappa shape index (κ3) is 128. The van der Waals surface area contributed by atoms with Gasteiger partial charge in [-0.2, -0.15) is 0 Å². The van der Waals surface area contributed by atoms with Crippen LogP contribution in [0.15, 0.2) is 0 Å². The minimum Gasteiger partial charge on any atom is -0.147 e. The fourth-order valence-corrected chi connectivity index (χ4v) is 3.00. The second-order valence-corrected chi connectivity index (χ2v) is 10.2.